The summed E-state index contributed by atoms with van der Waals surface area (Å²) in [6.07, 6.45) is 3.45. The van der Waals surface area contributed by atoms with E-state index in [9.17, 15) is 9.18 Å². The third-order valence-corrected chi connectivity index (χ3v) is 5.33. The Balaban J connectivity index is 1.59. The van der Waals surface area contributed by atoms with Gasteiger partial charge in [0.2, 0.25) is 0 Å². The number of hydrogen-bond donors (Lipinski definition) is 1. The van der Waals surface area contributed by atoms with Gasteiger partial charge in [0, 0.05) is 30.2 Å². The molecule has 2 aromatic carbocycles. The number of pyridine rings is 1. The third kappa shape index (κ3) is 3.43. The molecule has 1 aliphatic rings. The predicted octanol–water partition coefficient (Wildman–Crippen LogP) is 3.86. The van der Waals surface area contributed by atoms with E-state index in [1.54, 1.807) is 35.4 Å². The van der Waals surface area contributed by atoms with Crippen molar-refractivity contribution in [1.82, 2.24) is 15.2 Å². The van der Waals surface area contributed by atoms with Crippen molar-refractivity contribution in [3.05, 3.63) is 66.1 Å². The number of fused-ring (bicyclic) bond motifs is 1. The molecule has 138 valence electrons. The normalized spacial score (nSPS) is 15.0. The Morgan fingerprint density at radius 3 is 2.63 bits per heavy atom. The van der Waals surface area contributed by atoms with Crippen LogP contribution in [0.15, 0.2) is 54.7 Å². The van der Waals surface area contributed by atoms with Crippen LogP contribution >= 0.6 is 0 Å². The molecule has 1 aromatic heterocycles. The van der Waals surface area contributed by atoms with E-state index in [-0.39, 0.29) is 17.8 Å². The van der Waals surface area contributed by atoms with Crippen LogP contribution in [-0.4, -0.2) is 42.0 Å². The first-order chi connectivity index (χ1) is 13.1. The highest BCUT2D eigenvalue weighted by molar-refractivity contribution is 5.94. The Morgan fingerprint density at radius 1 is 1.11 bits per heavy atom. The summed E-state index contributed by atoms with van der Waals surface area (Å²) in [5.41, 5.74) is 1.50. The fraction of sp³-hybridized carbons (Fsp3) is 0.273. The molecule has 5 heteroatoms. The lowest BCUT2D eigenvalue weighted by molar-refractivity contribution is 0.0703. The first-order valence-corrected chi connectivity index (χ1v) is 9.26. The molecule has 4 rings (SSSR count). The van der Waals surface area contributed by atoms with Crippen molar-refractivity contribution in [1.29, 1.82) is 0 Å². The minimum Gasteiger partial charge on any atom is -0.339 e. The van der Waals surface area contributed by atoms with Gasteiger partial charge in [-0.1, -0.05) is 30.3 Å². The molecule has 27 heavy (non-hydrogen) atoms. The molecule has 0 radical (unpaired) electrons. The molecule has 0 unspecified atom stereocenters. The quantitative estimate of drug-likeness (QED) is 0.768. The summed E-state index contributed by atoms with van der Waals surface area (Å²) in [5.74, 6) is -0.327. The van der Waals surface area contributed by atoms with Crippen LogP contribution in [0, 0.1) is 5.82 Å². The second-order valence-corrected chi connectivity index (χ2v) is 6.98. The van der Waals surface area contributed by atoms with Gasteiger partial charge in [-0.05, 0) is 49.5 Å². The molecule has 4 nitrogen and oxygen atoms in total. The number of carbonyl (C=O) groups excluding carboxylic acids is 1. The first-order valence-electron chi connectivity index (χ1n) is 9.26. The Hall–Kier alpha value is -2.79. The number of carbonyl (C=O) groups is 1. The summed E-state index contributed by atoms with van der Waals surface area (Å²) >= 11 is 0. The van der Waals surface area contributed by atoms with E-state index in [0.717, 1.165) is 31.3 Å². The standard InChI is InChI=1S/C22H22FN3O/c1-26(17-10-12-24-13-11-17)22(27)16-7-9-20(25-14-16)19-8-6-15-4-2-3-5-18(15)21(19)23/h2-9,14,17,24H,10-13H2,1H3. The number of halogens is 1. The van der Waals surface area contributed by atoms with Crippen LogP contribution in [0.25, 0.3) is 22.0 Å². The fourth-order valence-corrected chi connectivity index (χ4v) is 3.67. The molecule has 1 N–H and O–H groups in total. The van der Waals surface area contributed by atoms with Gasteiger partial charge in [0.25, 0.3) is 5.91 Å². The number of aromatic nitrogens is 1. The van der Waals surface area contributed by atoms with E-state index in [0.29, 0.717) is 22.2 Å². The van der Waals surface area contributed by atoms with Crippen molar-refractivity contribution < 1.29 is 9.18 Å². The molecular weight excluding hydrogens is 341 g/mol. The molecule has 1 amide bonds. The monoisotopic (exact) mass is 363 g/mol. The van der Waals surface area contributed by atoms with Gasteiger partial charge in [-0.3, -0.25) is 9.78 Å². The number of nitrogens with one attached hydrogen (secondary N) is 1. The summed E-state index contributed by atoms with van der Waals surface area (Å²) in [4.78, 5) is 18.9. The Labute approximate surface area is 158 Å². The lowest BCUT2D eigenvalue weighted by Gasteiger charge is -2.31. The van der Waals surface area contributed by atoms with Crippen LogP contribution in [0.4, 0.5) is 4.39 Å². The van der Waals surface area contributed by atoms with E-state index in [2.05, 4.69) is 10.3 Å². The van der Waals surface area contributed by atoms with E-state index in [1.807, 2.05) is 31.3 Å². The fourth-order valence-electron chi connectivity index (χ4n) is 3.67. The van der Waals surface area contributed by atoms with E-state index in [1.165, 1.54) is 0 Å². The predicted molar refractivity (Wildman–Crippen MR) is 105 cm³/mol. The van der Waals surface area contributed by atoms with Crippen molar-refractivity contribution in [2.75, 3.05) is 20.1 Å². The Bertz CT molecular complexity index is 965. The van der Waals surface area contributed by atoms with Crippen molar-refractivity contribution in [2.45, 2.75) is 18.9 Å². The van der Waals surface area contributed by atoms with Gasteiger partial charge in [0.05, 0.1) is 11.3 Å². The Morgan fingerprint density at radius 2 is 1.89 bits per heavy atom. The maximum Gasteiger partial charge on any atom is 0.255 e. The zero-order valence-electron chi connectivity index (χ0n) is 15.3. The van der Waals surface area contributed by atoms with Crippen molar-refractivity contribution in [3.63, 3.8) is 0 Å². The largest absolute Gasteiger partial charge is 0.339 e. The number of benzene rings is 2. The molecule has 0 spiro atoms. The number of rotatable bonds is 3. The van der Waals surface area contributed by atoms with Crippen molar-refractivity contribution in [2.24, 2.45) is 0 Å². The van der Waals surface area contributed by atoms with Gasteiger partial charge in [-0.15, -0.1) is 0 Å². The maximum absolute atomic E-state index is 14.9. The first kappa shape index (κ1) is 17.6. The van der Waals surface area contributed by atoms with E-state index in [4.69, 9.17) is 0 Å². The van der Waals surface area contributed by atoms with Gasteiger partial charge in [-0.25, -0.2) is 4.39 Å². The summed E-state index contributed by atoms with van der Waals surface area (Å²) in [6.45, 7) is 1.86. The molecule has 0 bridgehead atoms. The number of amides is 1. The number of hydrogen-bond acceptors (Lipinski definition) is 3. The maximum atomic E-state index is 14.9. The summed E-state index contributed by atoms with van der Waals surface area (Å²) in [6, 6.07) is 14.7. The van der Waals surface area contributed by atoms with Gasteiger partial charge < -0.3 is 10.2 Å². The number of piperidine rings is 1. The SMILES string of the molecule is CN(C(=O)c1ccc(-c2ccc3ccccc3c2F)nc1)C1CCNCC1. The van der Waals surface area contributed by atoms with Crippen LogP contribution in [0.5, 0.6) is 0 Å². The summed E-state index contributed by atoms with van der Waals surface area (Å²) < 4.78 is 14.9. The minimum atomic E-state index is -0.286. The third-order valence-electron chi connectivity index (χ3n) is 5.33. The van der Waals surface area contributed by atoms with Crippen molar-refractivity contribution in [3.8, 4) is 11.3 Å². The van der Waals surface area contributed by atoms with Gasteiger partial charge in [0.15, 0.2) is 0 Å². The second-order valence-electron chi connectivity index (χ2n) is 6.98. The lowest BCUT2D eigenvalue weighted by Crippen LogP contribution is -2.43. The molecular formula is C22H22FN3O. The summed E-state index contributed by atoms with van der Waals surface area (Å²) in [5, 5.41) is 4.73. The van der Waals surface area contributed by atoms with Crippen LogP contribution in [-0.2, 0) is 0 Å². The molecule has 1 fully saturated rings. The van der Waals surface area contributed by atoms with E-state index >= 15 is 0 Å². The molecule has 1 aliphatic heterocycles. The molecule has 2 heterocycles. The van der Waals surface area contributed by atoms with Gasteiger partial charge in [0.1, 0.15) is 5.82 Å². The highest BCUT2D eigenvalue weighted by Crippen LogP contribution is 2.28. The molecule has 1 saturated heterocycles. The molecule has 0 atom stereocenters. The number of nitrogens with zero attached hydrogens (tertiary/aromatic N) is 2. The summed E-state index contributed by atoms with van der Waals surface area (Å²) in [7, 11) is 1.84. The van der Waals surface area contributed by atoms with Gasteiger partial charge in [-0.2, -0.15) is 0 Å². The van der Waals surface area contributed by atoms with Crippen LogP contribution < -0.4 is 5.32 Å². The lowest BCUT2D eigenvalue weighted by atomic mass is 10.0. The van der Waals surface area contributed by atoms with Crippen LogP contribution in [0.1, 0.15) is 23.2 Å². The molecule has 0 aliphatic carbocycles. The minimum absolute atomic E-state index is 0.0417. The smallest absolute Gasteiger partial charge is 0.255 e. The highest BCUT2D eigenvalue weighted by atomic mass is 19.1. The second kappa shape index (κ2) is 7.45. The van der Waals surface area contributed by atoms with Crippen LogP contribution in [0.3, 0.4) is 0 Å². The van der Waals surface area contributed by atoms with E-state index < -0.39 is 0 Å². The highest BCUT2D eigenvalue weighted by Gasteiger charge is 2.23. The van der Waals surface area contributed by atoms with Crippen LogP contribution in [0.2, 0.25) is 0 Å². The zero-order chi connectivity index (χ0) is 18.8. The average molecular weight is 363 g/mol. The van der Waals surface area contributed by atoms with Crippen molar-refractivity contribution >= 4 is 16.7 Å². The zero-order valence-corrected chi connectivity index (χ0v) is 15.3. The topological polar surface area (TPSA) is 45.2 Å². The van der Waals surface area contributed by atoms with Gasteiger partial charge >= 0.3 is 0 Å². The molecule has 3 aromatic rings. The Kier molecular flexibility index (Phi) is 4.86. The average Bonchev–Trinajstić information content (AvgIpc) is 2.74. The molecule has 0 saturated carbocycles.